The zero-order valence-corrected chi connectivity index (χ0v) is 11.1. The average molecular weight is 277 g/mol. The molecule has 108 valence electrons. The molecule has 0 aromatic heterocycles. The van der Waals surface area contributed by atoms with Crippen LogP contribution in [0.25, 0.3) is 0 Å². The summed E-state index contributed by atoms with van der Waals surface area (Å²) in [5.74, 6) is -1.07. The molecule has 1 aliphatic rings. The number of piperidine rings is 1. The van der Waals surface area contributed by atoms with Crippen molar-refractivity contribution in [2.45, 2.75) is 24.9 Å². The minimum Gasteiger partial charge on any atom is -0.479 e. The third-order valence-corrected chi connectivity index (χ3v) is 3.33. The smallest absolute Gasteiger partial charge is 0.330 e. The van der Waals surface area contributed by atoms with E-state index in [1.165, 1.54) is 0 Å². The van der Waals surface area contributed by atoms with Gasteiger partial charge in [-0.3, -0.25) is 0 Å². The third-order valence-electron chi connectivity index (χ3n) is 3.33. The van der Waals surface area contributed by atoms with Crippen LogP contribution >= 0.6 is 0 Å². The van der Waals surface area contributed by atoms with E-state index < -0.39 is 18.0 Å². The Kier molecular flexibility index (Phi) is 4.95. The largest absolute Gasteiger partial charge is 0.479 e. The fourth-order valence-corrected chi connectivity index (χ4v) is 2.26. The fourth-order valence-electron chi connectivity index (χ4n) is 2.26. The molecule has 6 heteroatoms. The maximum Gasteiger partial charge on any atom is 0.330 e. The van der Waals surface area contributed by atoms with Crippen molar-refractivity contribution >= 4 is 12.0 Å². The molecule has 2 amide bonds. The molecule has 2 rings (SSSR count). The second-order valence-electron chi connectivity index (χ2n) is 4.82. The van der Waals surface area contributed by atoms with E-state index in [9.17, 15) is 14.7 Å². The molecule has 4 N–H and O–H groups in total. The topological polar surface area (TPSA) is 90.5 Å². The van der Waals surface area contributed by atoms with Crippen LogP contribution in [0.5, 0.6) is 0 Å². The highest BCUT2D eigenvalue weighted by Gasteiger charge is 2.23. The maximum atomic E-state index is 11.9. The van der Waals surface area contributed by atoms with Gasteiger partial charge in [0, 0.05) is 6.04 Å². The van der Waals surface area contributed by atoms with Gasteiger partial charge in [-0.25, -0.2) is 9.59 Å². The lowest BCUT2D eigenvalue weighted by molar-refractivity contribution is -0.139. The summed E-state index contributed by atoms with van der Waals surface area (Å²) in [5, 5.41) is 17.8. The summed E-state index contributed by atoms with van der Waals surface area (Å²) in [5.41, 5.74) is 0.556. The van der Waals surface area contributed by atoms with Gasteiger partial charge < -0.3 is 21.1 Å². The number of hydrogen-bond acceptors (Lipinski definition) is 3. The van der Waals surface area contributed by atoms with Gasteiger partial charge in [-0.05, 0) is 31.5 Å². The van der Waals surface area contributed by atoms with Gasteiger partial charge in [0.1, 0.15) is 0 Å². The van der Waals surface area contributed by atoms with Gasteiger partial charge >= 0.3 is 12.0 Å². The summed E-state index contributed by atoms with van der Waals surface area (Å²) >= 11 is 0. The van der Waals surface area contributed by atoms with Gasteiger partial charge in [0.25, 0.3) is 0 Å². The Morgan fingerprint density at radius 2 is 1.85 bits per heavy atom. The van der Waals surface area contributed by atoms with E-state index >= 15 is 0 Å². The lowest BCUT2D eigenvalue weighted by Gasteiger charge is -2.24. The molecule has 0 unspecified atom stereocenters. The van der Waals surface area contributed by atoms with Crippen LogP contribution in [0.4, 0.5) is 4.79 Å². The quantitative estimate of drug-likeness (QED) is 0.657. The normalized spacial score (nSPS) is 17.2. The Morgan fingerprint density at radius 1 is 1.20 bits per heavy atom. The number of rotatable bonds is 4. The molecule has 1 atom stereocenters. The van der Waals surface area contributed by atoms with Gasteiger partial charge in [0.2, 0.25) is 0 Å². The number of benzene rings is 1. The summed E-state index contributed by atoms with van der Waals surface area (Å²) in [4.78, 5) is 23.2. The Hall–Kier alpha value is -2.08. The number of amides is 2. The number of hydrogen-bond donors (Lipinski definition) is 4. The molecule has 20 heavy (non-hydrogen) atoms. The van der Waals surface area contributed by atoms with Gasteiger partial charge in [0.05, 0.1) is 0 Å². The fraction of sp³-hybridized carbons (Fsp3) is 0.429. The van der Waals surface area contributed by atoms with E-state index in [4.69, 9.17) is 0 Å². The number of carboxylic acid groups (broad SMARTS) is 1. The summed E-state index contributed by atoms with van der Waals surface area (Å²) < 4.78 is 0. The van der Waals surface area contributed by atoms with Crippen molar-refractivity contribution < 1.29 is 14.7 Å². The predicted octanol–water partition coefficient (Wildman–Crippen LogP) is 0.864. The van der Waals surface area contributed by atoms with Crippen molar-refractivity contribution in [2.75, 3.05) is 13.1 Å². The van der Waals surface area contributed by atoms with Crippen LogP contribution in [0.3, 0.4) is 0 Å². The lowest BCUT2D eigenvalue weighted by atomic mass is 10.1. The van der Waals surface area contributed by atoms with Gasteiger partial charge in [-0.1, -0.05) is 30.3 Å². The molecule has 1 aliphatic heterocycles. The first kappa shape index (κ1) is 14.3. The molecular weight excluding hydrogens is 258 g/mol. The number of carboxylic acids is 1. The third kappa shape index (κ3) is 3.96. The SMILES string of the molecule is O=C(NC1CCNCC1)N[C@H](C(=O)O)c1ccccc1. The molecule has 0 radical (unpaired) electrons. The molecular formula is C14H19N3O3. The van der Waals surface area contributed by atoms with Crippen LogP contribution in [-0.2, 0) is 4.79 Å². The van der Waals surface area contributed by atoms with Crippen LogP contribution in [0.15, 0.2) is 30.3 Å². The van der Waals surface area contributed by atoms with Crippen molar-refractivity contribution in [3.8, 4) is 0 Å². The molecule has 1 saturated heterocycles. The highest BCUT2D eigenvalue weighted by atomic mass is 16.4. The number of carbonyl (C=O) groups is 2. The molecule has 1 fully saturated rings. The van der Waals surface area contributed by atoms with Crippen molar-refractivity contribution in [2.24, 2.45) is 0 Å². The maximum absolute atomic E-state index is 11.9. The lowest BCUT2D eigenvalue weighted by Crippen LogP contribution is -2.48. The number of urea groups is 1. The minimum atomic E-state index is -1.07. The number of aliphatic carboxylic acids is 1. The van der Waals surface area contributed by atoms with Gasteiger partial charge in [-0.2, -0.15) is 0 Å². The first-order valence-corrected chi connectivity index (χ1v) is 6.72. The molecule has 0 saturated carbocycles. The molecule has 6 nitrogen and oxygen atoms in total. The number of nitrogens with one attached hydrogen (secondary N) is 3. The van der Waals surface area contributed by atoms with Crippen LogP contribution in [0.1, 0.15) is 24.4 Å². The number of carbonyl (C=O) groups excluding carboxylic acids is 1. The van der Waals surface area contributed by atoms with Crippen molar-refractivity contribution in [1.82, 2.24) is 16.0 Å². The Bertz CT molecular complexity index is 458. The summed E-state index contributed by atoms with van der Waals surface area (Å²) in [6.45, 7) is 1.73. The van der Waals surface area contributed by atoms with Crippen LogP contribution < -0.4 is 16.0 Å². The van der Waals surface area contributed by atoms with Crippen LogP contribution in [-0.4, -0.2) is 36.2 Å². The molecule has 1 aromatic rings. The van der Waals surface area contributed by atoms with Crippen LogP contribution in [0.2, 0.25) is 0 Å². The highest BCUT2D eigenvalue weighted by Crippen LogP contribution is 2.12. The standard InChI is InChI=1S/C14H19N3O3/c18-13(19)12(10-4-2-1-3-5-10)17-14(20)16-11-6-8-15-9-7-11/h1-5,11-12,15H,6-9H2,(H,18,19)(H2,16,17,20)/t12-/m0/s1. The Balaban J connectivity index is 1.94. The van der Waals surface area contributed by atoms with E-state index in [0.717, 1.165) is 25.9 Å². The van der Waals surface area contributed by atoms with Crippen molar-refractivity contribution in [1.29, 1.82) is 0 Å². The molecule has 0 bridgehead atoms. The first-order valence-electron chi connectivity index (χ1n) is 6.72. The molecule has 0 spiro atoms. The van der Waals surface area contributed by atoms with E-state index in [1.807, 2.05) is 0 Å². The predicted molar refractivity (Wildman–Crippen MR) is 74.4 cm³/mol. The zero-order valence-electron chi connectivity index (χ0n) is 11.1. The van der Waals surface area contributed by atoms with E-state index in [1.54, 1.807) is 30.3 Å². The van der Waals surface area contributed by atoms with Crippen molar-refractivity contribution in [3.05, 3.63) is 35.9 Å². The van der Waals surface area contributed by atoms with Gasteiger partial charge in [0.15, 0.2) is 6.04 Å². The van der Waals surface area contributed by atoms with E-state index in [0.29, 0.717) is 5.56 Å². The minimum absolute atomic E-state index is 0.0986. The molecule has 0 aliphatic carbocycles. The molecule has 1 aromatic carbocycles. The van der Waals surface area contributed by atoms with Crippen LogP contribution in [0, 0.1) is 0 Å². The first-order chi connectivity index (χ1) is 9.66. The summed E-state index contributed by atoms with van der Waals surface area (Å²) in [6, 6.07) is 7.30. The highest BCUT2D eigenvalue weighted by molar-refractivity contribution is 5.83. The second kappa shape index (κ2) is 6.91. The van der Waals surface area contributed by atoms with E-state index in [-0.39, 0.29) is 6.04 Å². The average Bonchev–Trinajstić information content (AvgIpc) is 2.46. The Labute approximate surface area is 117 Å². The van der Waals surface area contributed by atoms with Crippen molar-refractivity contribution in [3.63, 3.8) is 0 Å². The Morgan fingerprint density at radius 3 is 2.45 bits per heavy atom. The summed E-state index contributed by atoms with van der Waals surface area (Å²) in [7, 11) is 0. The zero-order chi connectivity index (χ0) is 14.4. The van der Waals surface area contributed by atoms with E-state index in [2.05, 4.69) is 16.0 Å². The second-order valence-corrected chi connectivity index (χ2v) is 4.82. The molecule has 1 heterocycles. The monoisotopic (exact) mass is 277 g/mol. The summed E-state index contributed by atoms with van der Waals surface area (Å²) in [6.07, 6.45) is 1.72. The van der Waals surface area contributed by atoms with Gasteiger partial charge in [-0.15, -0.1) is 0 Å².